The van der Waals surface area contributed by atoms with Crippen molar-refractivity contribution in [2.24, 2.45) is 5.92 Å². The number of ether oxygens (including phenoxy) is 1. The number of rotatable bonds is 7. The highest BCUT2D eigenvalue weighted by atomic mass is 16.5. The van der Waals surface area contributed by atoms with Gasteiger partial charge in [0.15, 0.2) is 0 Å². The van der Waals surface area contributed by atoms with E-state index in [-0.39, 0.29) is 5.97 Å². The number of esters is 1. The molecule has 0 aromatic rings. The predicted octanol–water partition coefficient (Wildman–Crippen LogP) is 1.92. The lowest BCUT2D eigenvalue weighted by molar-refractivity contribution is -0.142. The Morgan fingerprint density at radius 2 is 2.07 bits per heavy atom. The zero-order valence-corrected chi connectivity index (χ0v) is 9.88. The molecule has 0 aliphatic heterocycles. The Bertz CT molecular complexity index is 159. The number of carbonyl (C=O) groups excluding carboxylic acids is 1. The van der Waals surface area contributed by atoms with Crippen molar-refractivity contribution in [3.63, 3.8) is 0 Å². The molecule has 0 radical (unpaired) electrons. The minimum Gasteiger partial charge on any atom is -0.468 e. The molecule has 84 valence electrons. The summed E-state index contributed by atoms with van der Waals surface area (Å²) in [5.41, 5.74) is 0. The van der Waals surface area contributed by atoms with Crippen molar-refractivity contribution in [1.29, 1.82) is 0 Å². The monoisotopic (exact) mass is 201 g/mol. The van der Waals surface area contributed by atoms with Crippen LogP contribution in [0.2, 0.25) is 0 Å². The summed E-state index contributed by atoms with van der Waals surface area (Å²) in [5, 5.41) is 0. The molecule has 0 aromatic carbocycles. The zero-order valence-electron chi connectivity index (χ0n) is 9.88. The van der Waals surface area contributed by atoms with Crippen molar-refractivity contribution in [2.75, 3.05) is 26.7 Å². The number of nitrogens with zero attached hydrogens (tertiary/aromatic N) is 1. The van der Waals surface area contributed by atoms with Gasteiger partial charge in [0.2, 0.25) is 0 Å². The maximum absolute atomic E-state index is 11.1. The second-order valence-electron chi connectivity index (χ2n) is 3.80. The van der Waals surface area contributed by atoms with E-state index in [0.717, 1.165) is 13.1 Å². The highest BCUT2D eigenvalue weighted by molar-refractivity contribution is 5.71. The SMILES string of the molecule is CCCC(C)CN(CC)CC(=O)OC. The standard InChI is InChI=1S/C11H23NO2/c1-5-7-10(3)8-12(6-2)9-11(13)14-4/h10H,5-9H2,1-4H3. The highest BCUT2D eigenvalue weighted by Gasteiger charge is 2.11. The van der Waals surface area contributed by atoms with E-state index in [1.54, 1.807) is 0 Å². The van der Waals surface area contributed by atoms with Gasteiger partial charge in [-0.15, -0.1) is 0 Å². The van der Waals surface area contributed by atoms with Crippen LogP contribution in [0.5, 0.6) is 0 Å². The van der Waals surface area contributed by atoms with Crippen LogP contribution < -0.4 is 0 Å². The molecule has 0 amide bonds. The lowest BCUT2D eigenvalue weighted by Crippen LogP contribution is -2.33. The second kappa shape index (κ2) is 7.80. The smallest absolute Gasteiger partial charge is 0.319 e. The molecule has 0 bridgehead atoms. The minimum atomic E-state index is -0.143. The van der Waals surface area contributed by atoms with Gasteiger partial charge in [-0.1, -0.05) is 27.2 Å². The maximum Gasteiger partial charge on any atom is 0.319 e. The third-order valence-corrected chi connectivity index (χ3v) is 2.38. The minimum absolute atomic E-state index is 0.143. The molecule has 1 unspecified atom stereocenters. The molecule has 0 aromatic heterocycles. The van der Waals surface area contributed by atoms with E-state index >= 15 is 0 Å². The Kier molecular flexibility index (Phi) is 7.48. The molecule has 0 aliphatic carbocycles. The van der Waals surface area contributed by atoms with Crippen LogP contribution in [0.4, 0.5) is 0 Å². The number of hydrogen-bond donors (Lipinski definition) is 0. The topological polar surface area (TPSA) is 29.5 Å². The third kappa shape index (κ3) is 5.97. The van der Waals surface area contributed by atoms with E-state index < -0.39 is 0 Å². The molecule has 14 heavy (non-hydrogen) atoms. The van der Waals surface area contributed by atoms with Crippen molar-refractivity contribution in [3.05, 3.63) is 0 Å². The molecule has 0 heterocycles. The predicted molar refractivity (Wildman–Crippen MR) is 58.2 cm³/mol. The van der Waals surface area contributed by atoms with Crippen LogP contribution in [0.15, 0.2) is 0 Å². The van der Waals surface area contributed by atoms with Crippen LogP contribution in [-0.4, -0.2) is 37.6 Å². The Balaban J connectivity index is 3.83. The quantitative estimate of drug-likeness (QED) is 0.589. The summed E-state index contributed by atoms with van der Waals surface area (Å²) in [7, 11) is 1.44. The van der Waals surface area contributed by atoms with Gasteiger partial charge in [-0.25, -0.2) is 0 Å². The van der Waals surface area contributed by atoms with Gasteiger partial charge in [0.25, 0.3) is 0 Å². The van der Waals surface area contributed by atoms with Crippen LogP contribution in [0.3, 0.4) is 0 Å². The molecule has 1 atom stereocenters. The number of carbonyl (C=O) groups is 1. The van der Waals surface area contributed by atoms with Gasteiger partial charge in [-0.2, -0.15) is 0 Å². The van der Waals surface area contributed by atoms with Crippen molar-refractivity contribution < 1.29 is 9.53 Å². The number of methoxy groups -OCH3 is 1. The van der Waals surface area contributed by atoms with Gasteiger partial charge < -0.3 is 4.74 Å². The molecule has 3 nitrogen and oxygen atoms in total. The molecular weight excluding hydrogens is 178 g/mol. The largest absolute Gasteiger partial charge is 0.468 e. The van der Waals surface area contributed by atoms with Gasteiger partial charge >= 0.3 is 5.97 Å². The van der Waals surface area contributed by atoms with Crippen molar-refractivity contribution >= 4 is 5.97 Å². The summed E-state index contributed by atoms with van der Waals surface area (Å²) in [6.45, 7) is 8.79. The third-order valence-electron chi connectivity index (χ3n) is 2.38. The van der Waals surface area contributed by atoms with E-state index in [1.165, 1.54) is 20.0 Å². The summed E-state index contributed by atoms with van der Waals surface area (Å²) in [4.78, 5) is 13.2. The average Bonchev–Trinajstić information content (AvgIpc) is 2.16. The molecule has 0 fully saturated rings. The van der Waals surface area contributed by atoms with Crippen molar-refractivity contribution in [2.45, 2.75) is 33.6 Å². The fourth-order valence-electron chi connectivity index (χ4n) is 1.58. The number of hydrogen-bond acceptors (Lipinski definition) is 3. The molecule has 0 spiro atoms. The molecule has 0 rings (SSSR count). The van der Waals surface area contributed by atoms with Gasteiger partial charge in [0, 0.05) is 6.54 Å². The van der Waals surface area contributed by atoms with Crippen LogP contribution >= 0.6 is 0 Å². The fraction of sp³-hybridized carbons (Fsp3) is 0.909. The van der Waals surface area contributed by atoms with Crippen molar-refractivity contribution in [1.82, 2.24) is 4.90 Å². The molecular formula is C11H23NO2. The molecule has 0 N–H and O–H groups in total. The summed E-state index contributed by atoms with van der Waals surface area (Å²) < 4.78 is 4.64. The molecule has 0 saturated carbocycles. The normalized spacial score (nSPS) is 12.9. The first-order valence-electron chi connectivity index (χ1n) is 5.43. The van der Waals surface area contributed by atoms with Gasteiger partial charge in [0.05, 0.1) is 13.7 Å². The molecule has 0 aliphatic rings. The Morgan fingerprint density at radius 3 is 2.50 bits per heavy atom. The van der Waals surface area contributed by atoms with E-state index in [4.69, 9.17) is 0 Å². The van der Waals surface area contributed by atoms with Crippen LogP contribution in [0, 0.1) is 5.92 Å². The first kappa shape index (κ1) is 13.4. The summed E-state index contributed by atoms with van der Waals surface area (Å²) in [5.74, 6) is 0.514. The van der Waals surface area contributed by atoms with Gasteiger partial charge in [-0.05, 0) is 18.9 Å². The lowest BCUT2D eigenvalue weighted by Gasteiger charge is -2.22. The van der Waals surface area contributed by atoms with E-state index in [1.807, 2.05) is 0 Å². The summed E-state index contributed by atoms with van der Waals surface area (Å²) in [6, 6.07) is 0. The summed E-state index contributed by atoms with van der Waals surface area (Å²) in [6.07, 6.45) is 2.43. The molecule has 0 saturated heterocycles. The number of likely N-dealkylation sites (N-methyl/N-ethyl adjacent to an activating group) is 1. The summed E-state index contributed by atoms with van der Waals surface area (Å²) >= 11 is 0. The van der Waals surface area contributed by atoms with Crippen LogP contribution in [0.25, 0.3) is 0 Å². The second-order valence-corrected chi connectivity index (χ2v) is 3.80. The Labute approximate surface area is 87.4 Å². The highest BCUT2D eigenvalue weighted by Crippen LogP contribution is 2.07. The van der Waals surface area contributed by atoms with Crippen LogP contribution in [-0.2, 0) is 9.53 Å². The van der Waals surface area contributed by atoms with Crippen LogP contribution in [0.1, 0.15) is 33.6 Å². The first-order chi connectivity index (χ1) is 6.63. The average molecular weight is 201 g/mol. The lowest BCUT2D eigenvalue weighted by atomic mass is 10.1. The van der Waals surface area contributed by atoms with Gasteiger partial charge in [0.1, 0.15) is 0 Å². The van der Waals surface area contributed by atoms with Gasteiger partial charge in [-0.3, -0.25) is 9.69 Å². The van der Waals surface area contributed by atoms with E-state index in [2.05, 4.69) is 30.4 Å². The maximum atomic E-state index is 11.1. The molecule has 3 heteroatoms. The fourth-order valence-corrected chi connectivity index (χ4v) is 1.58. The zero-order chi connectivity index (χ0) is 11.0. The Hall–Kier alpha value is -0.570. The van der Waals surface area contributed by atoms with E-state index in [9.17, 15) is 4.79 Å². The van der Waals surface area contributed by atoms with E-state index in [0.29, 0.717) is 12.5 Å². The van der Waals surface area contributed by atoms with Crippen molar-refractivity contribution in [3.8, 4) is 0 Å². The Morgan fingerprint density at radius 1 is 1.43 bits per heavy atom. The first-order valence-corrected chi connectivity index (χ1v) is 5.43.